The fourth-order valence-corrected chi connectivity index (χ4v) is 2.57. The van der Waals surface area contributed by atoms with Gasteiger partial charge in [-0.15, -0.1) is 0 Å². The predicted octanol–water partition coefficient (Wildman–Crippen LogP) is 3.44. The minimum atomic E-state index is 0.0607. The zero-order valence-electron chi connectivity index (χ0n) is 11.3. The molecule has 1 amide bonds. The Labute approximate surface area is 118 Å². The summed E-state index contributed by atoms with van der Waals surface area (Å²) in [4.78, 5) is 12.2. The Morgan fingerprint density at radius 3 is 2.65 bits per heavy atom. The summed E-state index contributed by atoms with van der Waals surface area (Å²) in [5, 5.41) is 12.3. The lowest BCUT2D eigenvalue weighted by atomic mass is 10.1. The molecule has 3 heteroatoms. The maximum Gasteiger partial charge on any atom is 0.228 e. The maximum atomic E-state index is 12.2. The Kier molecular flexibility index (Phi) is 3.18. The molecule has 1 aliphatic rings. The first kappa shape index (κ1) is 12.7. The van der Waals surface area contributed by atoms with Crippen molar-refractivity contribution in [3.8, 4) is 5.75 Å². The molecular formula is C17H17NO2. The summed E-state index contributed by atoms with van der Waals surface area (Å²) < 4.78 is 0. The molecule has 2 atom stereocenters. The monoisotopic (exact) mass is 267 g/mol. The fourth-order valence-electron chi connectivity index (χ4n) is 2.57. The first-order valence-electron chi connectivity index (χ1n) is 6.80. The summed E-state index contributed by atoms with van der Waals surface area (Å²) in [7, 11) is 0. The topological polar surface area (TPSA) is 49.3 Å². The van der Waals surface area contributed by atoms with Gasteiger partial charge in [0.05, 0.1) is 0 Å². The largest absolute Gasteiger partial charge is 0.508 e. The molecule has 1 fully saturated rings. The van der Waals surface area contributed by atoms with Gasteiger partial charge in [-0.05, 0) is 48.6 Å². The summed E-state index contributed by atoms with van der Waals surface area (Å²) in [6.45, 7) is 1.87. The summed E-state index contributed by atoms with van der Waals surface area (Å²) >= 11 is 0. The van der Waals surface area contributed by atoms with Gasteiger partial charge in [0.15, 0.2) is 0 Å². The molecule has 1 saturated carbocycles. The second-order valence-electron chi connectivity index (χ2n) is 5.35. The van der Waals surface area contributed by atoms with Crippen molar-refractivity contribution in [1.29, 1.82) is 0 Å². The van der Waals surface area contributed by atoms with E-state index in [9.17, 15) is 9.90 Å². The van der Waals surface area contributed by atoms with E-state index in [4.69, 9.17) is 0 Å². The van der Waals surface area contributed by atoms with Crippen LogP contribution in [-0.4, -0.2) is 11.0 Å². The normalized spacial score (nSPS) is 20.4. The van der Waals surface area contributed by atoms with Crippen molar-refractivity contribution in [3.63, 3.8) is 0 Å². The average molecular weight is 267 g/mol. The van der Waals surface area contributed by atoms with Gasteiger partial charge in [0.2, 0.25) is 5.91 Å². The molecular weight excluding hydrogens is 250 g/mol. The Morgan fingerprint density at radius 1 is 1.20 bits per heavy atom. The molecule has 102 valence electrons. The van der Waals surface area contributed by atoms with Crippen LogP contribution in [0.15, 0.2) is 48.5 Å². The number of aromatic hydroxyl groups is 1. The van der Waals surface area contributed by atoms with Gasteiger partial charge < -0.3 is 10.4 Å². The predicted molar refractivity (Wildman–Crippen MR) is 78.8 cm³/mol. The van der Waals surface area contributed by atoms with Crippen LogP contribution in [0.1, 0.15) is 23.5 Å². The summed E-state index contributed by atoms with van der Waals surface area (Å²) in [6, 6.07) is 15.1. The fraction of sp³-hybridized carbons (Fsp3) is 0.235. The second kappa shape index (κ2) is 5.00. The number of phenolic OH excluding ortho intramolecular Hbond substituents is 1. The number of rotatable bonds is 3. The number of carbonyl (C=O) groups is 1. The highest BCUT2D eigenvalue weighted by atomic mass is 16.3. The van der Waals surface area contributed by atoms with Crippen LogP contribution < -0.4 is 5.32 Å². The van der Waals surface area contributed by atoms with Gasteiger partial charge in [-0.25, -0.2) is 0 Å². The van der Waals surface area contributed by atoms with Gasteiger partial charge in [-0.3, -0.25) is 4.79 Å². The van der Waals surface area contributed by atoms with Crippen LogP contribution in [-0.2, 0) is 4.79 Å². The smallest absolute Gasteiger partial charge is 0.228 e. The van der Waals surface area contributed by atoms with Crippen molar-refractivity contribution >= 4 is 11.6 Å². The van der Waals surface area contributed by atoms with E-state index in [1.54, 1.807) is 18.2 Å². The van der Waals surface area contributed by atoms with Gasteiger partial charge >= 0.3 is 0 Å². The summed E-state index contributed by atoms with van der Waals surface area (Å²) in [5.41, 5.74) is 2.87. The number of hydrogen-bond donors (Lipinski definition) is 2. The lowest BCUT2D eigenvalue weighted by Crippen LogP contribution is -2.15. The van der Waals surface area contributed by atoms with E-state index >= 15 is 0 Å². The Hall–Kier alpha value is -2.29. The first-order chi connectivity index (χ1) is 9.65. The van der Waals surface area contributed by atoms with E-state index in [1.807, 2.05) is 25.1 Å². The van der Waals surface area contributed by atoms with E-state index < -0.39 is 0 Å². The zero-order valence-corrected chi connectivity index (χ0v) is 11.3. The van der Waals surface area contributed by atoms with Crippen molar-refractivity contribution in [2.75, 3.05) is 5.32 Å². The van der Waals surface area contributed by atoms with E-state index in [0.29, 0.717) is 5.92 Å². The number of aryl methyl sites for hydroxylation is 1. The molecule has 0 saturated heterocycles. The summed E-state index contributed by atoms with van der Waals surface area (Å²) in [5.74, 6) is 0.681. The van der Waals surface area contributed by atoms with Crippen LogP contribution in [0.25, 0.3) is 0 Å². The number of phenols is 1. The highest BCUT2D eigenvalue weighted by Crippen LogP contribution is 2.47. The minimum absolute atomic E-state index is 0.0607. The molecule has 1 aliphatic carbocycles. The third-order valence-corrected chi connectivity index (χ3v) is 3.82. The third kappa shape index (κ3) is 2.52. The first-order valence-corrected chi connectivity index (χ1v) is 6.80. The maximum absolute atomic E-state index is 12.2. The molecule has 0 aromatic heterocycles. The van der Waals surface area contributed by atoms with Gasteiger partial charge in [0.25, 0.3) is 0 Å². The van der Waals surface area contributed by atoms with Crippen molar-refractivity contribution in [3.05, 3.63) is 59.7 Å². The number of amides is 1. The van der Waals surface area contributed by atoms with Gasteiger partial charge in [-0.2, -0.15) is 0 Å². The number of hydrogen-bond acceptors (Lipinski definition) is 2. The Bertz CT molecular complexity index is 637. The van der Waals surface area contributed by atoms with E-state index in [-0.39, 0.29) is 17.6 Å². The lowest BCUT2D eigenvalue weighted by molar-refractivity contribution is -0.117. The van der Waals surface area contributed by atoms with Crippen LogP contribution in [0.3, 0.4) is 0 Å². The highest BCUT2D eigenvalue weighted by Gasteiger charge is 2.43. The summed E-state index contributed by atoms with van der Waals surface area (Å²) in [6.07, 6.45) is 0.910. The minimum Gasteiger partial charge on any atom is -0.508 e. The molecule has 2 unspecified atom stereocenters. The average Bonchev–Trinajstić information content (AvgIpc) is 3.23. The molecule has 0 radical (unpaired) electrons. The van der Waals surface area contributed by atoms with Gasteiger partial charge in [0, 0.05) is 11.6 Å². The highest BCUT2D eigenvalue weighted by molar-refractivity contribution is 5.95. The standard InChI is InChI=1S/C17H17NO2/c1-11-9-13(19)7-8-16(11)18-17(20)15-10-14(15)12-5-3-2-4-6-12/h2-9,14-15,19H,10H2,1H3,(H,18,20). The number of benzene rings is 2. The van der Waals surface area contributed by atoms with Crippen molar-refractivity contribution < 1.29 is 9.90 Å². The molecule has 0 spiro atoms. The SMILES string of the molecule is Cc1cc(O)ccc1NC(=O)C1CC1c1ccccc1. The number of anilines is 1. The number of carbonyl (C=O) groups excluding carboxylic acids is 1. The van der Waals surface area contributed by atoms with Crippen LogP contribution in [0, 0.1) is 12.8 Å². The van der Waals surface area contributed by atoms with Crippen LogP contribution in [0.5, 0.6) is 5.75 Å². The molecule has 20 heavy (non-hydrogen) atoms. The van der Waals surface area contributed by atoms with Gasteiger partial charge in [-0.1, -0.05) is 30.3 Å². The second-order valence-corrected chi connectivity index (χ2v) is 5.35. The third-order valence-electron chi connectivity index (χ3n) is 3.82. The van der Waals surface area contributed by atoms with Crippen molar-refractivity contribution in [2.24, 2.45) is 5.92 Å². The van der Waals surface area contributed by atoms with Crippen molar-refractivity contribution in [1.82, 2.24) is 0 Å². The molecule has 2 aromatic rings. The van der Waals surface area contributed by atoms with E-state index in [0.717, 1.165) is 17.7 Å². The van der Waals surface area contributed by atoms with E-state index in [2.05, 4.69) is 17.4 Å². The molecule has 3 rings (SSSR count). The molecule has 2 N–H and O–H groups in total. The lowest BCUT2D eigenvalue weighted by Gasteiger charge is -2.08. The van der Waals surface area contributed by atoms with Gasteiger partial charge in [0.1, 0.15) is 5.75 Å². The molecule has 2 aromatic carbocycles. The van der Waals surface area contributed by atoms with Crippen LogP contribution in [0.2, 0.25) is 0 Å². The van der Waals surface area contributed by atoms with Crippen molar-refractivity contribution in [2.45, 2.75) is 19.3 Å². The Balaban J connectivity index is 1.67. The Morgan fingerprint density at radius 2 is 1.95 bits per heavy atom. The van der Waals surface area contributed by atoms with Crippen LogP contribution >= 0.6 is 0 Å². The zero-order chi connectivity index (χ0) is 14.1. The molecule has 0 aliphatic heterocycles. The quantitative estimate of drug-likeness (QED) is 0.837. The molecule has 3 nitrogen and oxygen atoms in total. The molecule has 0 bridgehead atoms. The van der Waals surface area contributed by atoms with E-state index in [1.165, 1.54) is 5.56 Å². The van der Waals surface area contributed by atoms with Crippen LogP contribution in [0.4, 0.5) is 5.69 Å². The number of nitrogens with one attached hydrogen (secondary N) is 1. The molecule has 0 heterocycles.